The highest BCUT2D eigenvalue weighted by Gasteiger charge is 2.38. The molecule has 2 amide bonds. The molecule has 1 aliphatic rings. The zero-order chi connectivity index (χ0) is 17.6. The quantitative estimate of drug-likeness (QED) is 0.480. The van der Waals surface area contributed by atoms with Gasteiger partial charge in [-0.05, 0) is 6.07 Å². The fourth-order valence-corrected chi connectivity index (χ4v) is 2.29. The Kier molecular flexibility index (Phi) is 3.43. The molecule has 0 fully saturated rings. The van der Waals surface area contributed by atoms with Gasteiger partial charge in [0, 0.05) is 17.5 Å². The summed E-state index contributed by atoms with van der Waals surface area (Å²) in [5.41, 5.74) is -0.444. The van der Waals surface area contributed by atoms with Gasteiger partial charge in [0.05, 0.1) is 16.1 Å². The molecule has 2 aromatic rings. The lowest BCUT2D eigenvalue weighted by Crippen LogP contribution is -2.29. The van der Waals surface area contributed by atoms with E-state index in [-0.39, 0.29) is 34.7 Å². The maximum absolute atomic E-state index is 12.4. The molecule has 9 nitrogen and oxygen atoms in total. The zero-order valence-corrected chi connectivity index (χ0v) is 13.3. The fourth-order valence-electron chi connectivity index (χ4n) is 2.29. The van der Waals surface area contributed by atoms with E-state index >= 15 is 0 Å². The van der Waals surface area contributed by atoms with Crippen LogP contribution in [-0.2, 0) is 12.0 Å². The first kappa shape index (κ1) is 15.8. The molecule has 1 aromatic carbocycles. The Morgan fingerprint density at radius 3 is 2.46 bits per heavy atom. The van der Waals surface area contributed by atoms with Gasteiger partial charge in [0.1, 0.15) is 6.54 Å². The van der Waals surface area contributed by atoms with E-state index < -0.39 is 16.7 Å². The Labute approximate surface area is 136 Å². The monoisotopic (exact) mass is 330 g/mol. The van der Waals surface area contributed by atoms with E-state index in [0.717, 1.165) is 11.0 Å². The Morgan fingerprint density at radius 1 is 1.21 bits per heavy atom. The van der Waals surface area contributed by atoms with Gasteiger partial charge in [-0.3, -0.25) is 24.6 Å². The number of benzene rings is 1. The summed E-state index contributed by atoms with van der Waals surface area (Å²) in [4.78, 5) is 40.1. The van der Waals surface area contributed by atoms with Crippen molar-refractivity contribution in [2.45, 2.75) is 32.7 Å². The van der Waals surface area contributed by atoms with Crippen LogP contribution in [0.5, 0.6) is 0 Å². The molecule has 1 aromatic heterocycles. The molecule has 3 rings (SSSR count). The molecule has 0 spiro atoms. The average Bonchev–Trinajstić information content (AvgIpc) is 3.07. The van der Waals surface area contributed by atoms with E-state index in [2.05, 4.69) is 10.1 Å². The van der Waals surface area contributed by atoms with E-state index in [9.17, 15) is 19.7 Å². The van der Waals surface area contributed by atoms with Gasteiger partial charge in [0.25, 0.3) is 17.5 Å². The molecule has 9 heteroatoms. The topological polar surface area (TPSA) is 119 Å². The van der Waals surface area contributed by atoms with Crippen molar-refractivity contribution in [3.05, 3.63) is 51.2 Å². The third-order valence-electron chi connectivity index (χ3n) is 3.60. The highest BCUT2D eigenvalue weighted by molar-refractivity contribution is 6.21. The van der Waals surface area contributed by atoms with Crippen LogP contribution in [0.15, 0.2) is 22.7 Å². The molecular weight excluding hydrogens is 316 g/mol. The number of carbonyl (C=O) groups excluding carboxylic acids is 2. The van der Waals surface area contributed by atoms with Crippen LogP contribution in [0.25, 0.3) is 0 Å². The molecule has 0 unspecified atom stereocenters. The number of imide groups is 1. The molecule has 124 valence electrons. The molecule has 0 radical (unpaired) electrons. The summed E-state index contributed by atoms with van der Waals surface area (Å²) in [6.45, 7) is 5.54. The van der Waals surface area contributed by atoms with Crippen LogP contribution < -0.4 is 0 Å². The number of nitrogens with zero attached hydrogens (tertiary/aromatic N) is 4. The van der Waals surface area contributed by atoms with E-state index in [4.69, 9.17) is 4.52 Å². The maximum Gasteiger partial charge on any atom is 0.270 e. The lowest BCUT2D eigenvalue weighted by molar-refractivity contribution is -0.384. The van der Waals surface area contributed by atoms with Crippen molar-refractivity contribution in [3.8, 4) is 0 Å². The van der Waals surface area contributed by atoms with Crippen molar-refractivity contribution < 1.29 is 19.0 Å². The van der Waals surface area contributed by atoms with Crippen molar-refractivity contribution in [2.75, 3.05) is 0 Å². The van der Waals surface area contributed by atoms with Crippen LogP contribution in [0, 0.1) is 10.1 Å². The number of hydrogen-bond acceptors (Lipinski definition) is 7. The van der Waals surface area contributed by atoms with Gasteiger partial charge in [0.2, 0.25) is 5.89 Å². The van der Waals surface area contributed by atoms with Crippen LogP contribution >= 0.6 is 0 Å². The Bertz CT molecular complexity index is 865. The standard InChI is InChI=1S/C15H14N4O5/c1-15(2,3)14-16-11(24-17-14)7-18-12(20)9-5-4-8(19(22)23)6-10(9)13(18)21/h4-6H,7H2,1-3H3. The smallest absolute Gasteiger partial charge is 0.270 e. The molecule has 0 atom stereocenters. The van der Waals surface area contributed by atoms with Crippen LogP contribution in [0.4, 0.5) is 5.69 Å². The molecule has 0 bridgehead atoms. The van der Waals surface area contributed by atoms with Gasteiger partial charge in [-0.15, -0.1) is 0 Å². The predicted octanol–water partition coefficient (Wildman–Crippen LogP) is 2.07. The van der Waals surface area contributed by atoms with Gasteiger partial charge in [-0.2, -0.15) is 4.98 Å². The van der Waals surface area contributed by atoms with Crippen LogP contribution in [0.3, 0.4) is 0 Å². The van der Waals surface area contributed by atoms with Gasteiger partial charge in [-0.1, -0.05) is 25.9 Å². The first-order valence-electron chi connectivity index (χ1n) is 7.16. The van der Waals surface area contributed by atoms with Gasteiger partial charge < -0.3 is 4.52 Å². The summed E-state index contributed by atoms with van der Waals surface area (Å²) in [6.07, 6.45) is 0. The number of fused-ring (bicyclic) bond motifs is 1. The molecule has 1 aliphatic heterocycles. The van der Waals surface area contributed by atoms with Crippen LogP contribution in [0.1, 0.15) is 53.2 Å². The number of non-ortho nitro benzene ring substituents is 1. The van der Waals surface area contributed by atoms with Crippen molar-refractivity contribution in [1.29, 1.82) is 0 Å². The first-order chi connectivity index (χ1) is 11.2. The van der Waals surface area contributed by atoms with Gasteiger partial charge in [-0.25, -0.2) is 0 Å². The zero-order valence-electron chi connectivity index (χ0n) is 13.3. The number of nitro groups is 1. The van der Waals surface area contributed by atoms with Gasteiger partial charge >= 0.3 is 0 Å². The second-order valence-corrected chi connectivity index (χ2v) is 6.45. The molecular formula is C15H14N4O5. The van der Waals surface area contributed by atoms with Crippen molar-refractivity contribution in [2.24, 2.45) is 0 Å². The fraction of sp³-hybridized carbons (Fsp3) is 0.333. The minimum Gasteiger partial charge on any atom is -0.337 e. The maximum atomic E-state index is 12.4. The molecule has 0 saturated heterocycles. The Balaban J connectivity index is 1.88. The minimum absolute atomic E-state index is 0.00441. The third-order valence-corrected chi connectivity index (χ3v) is 3.60. The SMILES string of the molecule is CC(C)(C)c1noc(CN2C(=O)c3ccc([N+](=O)[O-])cc3C2=O)n1. The molecule has 0 saturated carbocycles. The summed E-state index contributed by atoms with van der Waals surface area (Å²) in [6, 6.07) is 3.57. The molecule has 0 N–H and O–H groups in total. The van der Waals surface area contributed by atoms with Crippen molar-refractivity contribution >= 4 is 17.5 Å². The summed E-state index contributed by atoms with van der Waals surface area (Å²) in [7, 11) is 0. The lowest BCUT2D eigenvalue weighted by atomic mass is 9.96. The summed E-state index contributed by atoms with van der Waals surface area (Å²) < 4.78 is 5.10. The van der Waals surface area contributed by atoms with Gasteiger partial charge in [0.15, 0.2) is 5.82 Å². The molecule has 24 heavy (non-hydrogen) atoms. The molecule has 2 heterocycles. The summed E-state index contributed by atoms with van der Waals surface area (Å²) in [5, 5.41) is 14.7. The second kappa shape index (κ2) is 5.22. The lowest BCUT2D eigenvalue weighted by Gasteiger charge is -2.12. The third kappa shape index (κ3) is 2.53. The number of amides is 2. The van der Waals surface area contributed by atoms with E-state index in [1.165, 1.54) is 12.1 Å². The normalized spacial score (nSPS) is 14.2. The Morgan fingerprint density at radius 2 is 1.88 bits per heavy atom. The number of nitro benzene ring substituents is 1. The number of rotatable bonds is 3. The predicted molar refractivity (Wildman–Crippen MR) is 80.3 cm³/mol. The summed E-state index contributed by atoms with van der Waals surface area (Å²) in [5.74, 6) is -0.566. The van der Waals surface area contributed by atoms with Crippen LogP contribution in [0.2, 0.25) is 0 Å². The minimum atomic E-state index is -0.617. The van der Waals surface area contributed by atoms with E-state index in [1.54, 1.807) is 0 Å². The highest BCUT2D eigenvalue weighted by atomic mass is 16.6. The number of aromatic nitrogens is 2. The second-order valence-electron chi connectivity index (χ2n) is 6.45. The van der Waals surface area contributed by atoms with Crippen LogP contribution in [-0.4, -0.2) is 31.8 Å². The van der Waals surface area contributed by atoms with Crippen molar-refractivity contribution in [1.82, 2.24) is 15.0 Å². The highest BCUT2D eigenvalue weighted by Crippen LogP contribution is 2.28. The van der Waals surface area contributed by atoms with Crippen molar-refractivity contribution in [3.63, 3.8) is 0 Å². The first-order valence-corrected chi connectivity index (χ1v) is 7.16. The van der Waals surface area contributed by atoms with E-state index in [1.807, 2.05) is 20.8 Å². The average molecular weight is 330 g/mol. The Hall–Kier alpha value is -3.10. The molecule has 0 aliphatic carbocycles. The largest absolute Gasteiger partial charge is 0.337 e. The number of carbonyl (C=O) groups is 2. The summed E-state index contributed by atoms with van der Waals surface area (Å²) >= 11 is 0. The number of hydrogen-bond donors (Lipinski definition) is 0. The van der Waals surface area contributed by atoms with E-state index in [0.29, 0.717) is 5.82 Å².